The van der Waals surface area contributed by atoms with Gasteiger partial charge in [0.15, 0.2) is 11.5 Å². The standard InChI is InChI=1S/C18H18N2O5S/c1-23-13-4-3-11(9-14(13)24-2)15-12(10-19)17(26-16(15)18(21)22)20-5-7-25-8-6-20/h3-4,9H,5-8H2,1-2H3,(H,21,22). The average molecular weight is 374 g/mol. The number of anilines is 1. The molecular weight excluding hydrogens is 356 g/mol. The molecule has 2 heterocycles. The van der Waals surface area contributed by atoms with Gasteiger partial charge in [-0.2, -0.15) is 5.26 Å². The molecule has 1 saturated heterocycles. The summed E-state index contributed by atoms with van der Waals surface area (Å²) in [7, 11) is 3.04. The molecule has 8 heteroatoms. The quantitative estimate of drug-likeness (QED) is 0.860. The first-order chi connectivity index (χ1) is 12.6. The summed E-state index contributed by atoms with van der Waals surface area (Å²) in [5.74, 6) is -0.0459. The third-order valence-electron chi connectivity index (χ3n) is 4.17. The summed E-state index contributed by atoms with van der Waals surface area (Å²) in [6.45, 7) is 2.35. The first kappa shape index (κ1) is 18.0. The van der Waals surface area contributed by atoms with Crippen LogP contribution in [-0.2, 0) is 4.74 Å². The monoisotopic (exact) mass is 374 g/mol. The maximum absolute atomic E-state index is 11.8. The van der Waals surface area contributed by atoms with Crippen molar-refractivity contribution < 1.29 is 24.1 Å². The summed E-state index contributed by atoms with van der Waals surface area (Å²) in [5, 5.41) is 20.1. The number of morpholine rings is 1. The van der Waals surface area contributed by atoms with Gasteiger partial charge < -0.3 is 24.2 Å². The molecular formula is C18H18N2O5S. The molecule has 136 valence electrons. The highest BCUT2D eigenvalue weighted by Crippen LogP contribution is 2.44. The Kier molecular flexibility index (Phi) is 5.30. The van der Waals surface area contributed by atoms with E-state index in [0.717, 1.165) is 11.3 Å². The number of carboxylic acid groups (broad SMARTS) is 1. The third kappa shape index (κ3) is 3.19. The number of nitriles is 1. The second kappa shape index (κ2) is 7.64. The van der Waals surface area contributed by atoms with E-state index in [1.807, 2.05) is 4.90 Å². The fourth-order valence-electron chi connectivity index (χ4n) is 2.93. The van der Waals surface area contributed by atoms with Gasteiger partial charge in [0.1, 0.15) is 15.9 Å². The van der Waals surface area contributed by atoms with E-state index in [1.165, 1.54) is 14.2 Å². The second-order valence-corrected chi connectivity index (χ2v) is 6.57. The topological polar surface area (TPSA) is 92.0 Å². The van der Waals surface area contributed by atoms with Gasteiger partial charge in [-0.05, 0) is 17.7 Å². The second-order valence-electron chi connectivity index (χ2n) is 5.57. The zero-order valence-corrected chi connectivity index (χ0v) is 15.3. The molecule has 0 spiro atoms. The molecule has 0 amide bonds. The van der Waals surface area contributed by atoms with Gasteiger partial charge in [-0.1, -0.05) is 6.07 Å². The van der Waals surface area contributed by atoms with Crippen molar-refractivity contribution in [2.24, 2.45) is 0 Å². The van der Waals surface area contributed by atoms with E-state index in [-0.39, 0.29) is 4.88 Å². The fraction of sp³-hybridized carbons (Fsp3) is 0.333. The number of nitrogens with zero attached hydrogens (tertiary/aromatic N) is 2. The van der Waals surface area contributed by atoms with Crippen LogP contribution in [0.2, 0.25) is 0 Å². The summed E-state index contributed by atoms with van der Waals surface area (Å²) in [6, 6.07) is 7.32. The predicted molar refractivity (Wildman–Crippen MR) is 97.6 cm³/mol. The van der Waals surface area contributed by atoms with E-state index < -0.39 is 5.97 Å². The normalized spacial score (nSPS) is 14.0. The Hall–Kier alpha value is -2.76. The Labute approximate surface area is 154 Å². The molecule has 1 aromatic carbocycles. The van der Waals surface area contributed by atoms with Crippen molar-refractivity contribution in [3.8, 4) is 28.7 Å². The first-order valence-electron chi connectivity index (χ1n) is 7.96. The highest BCUT2D eigenvalue weighted by molar-refractivity contribution is 7.18. The van der Waals surface area contributed by atoms with Gasteiger partial charge in [-0.25, -0.2) is 4.79 Å². The van der Waals surface area contributed by atoms with Gasteiger partial charge in [-0.15, -0.1) is 11.3 Å². The molecule has 0 saturated carbocycles. The maximum Gasteiger partial charge on any atom is 0.346 e. The molecule has 1 aromatic heterocycles. The lowest BCUT2D eigenvalue weighted by Crippen LogP contribution is -2.36. The molecule has 1 aliphatic rings. The Balaban J connectivity index is 2.18. The van der Waals surface area contributed by atoms with Crippen LogP contribution in [0.4, 0.5) is 5.00 Å². The van der Waals surface area contributed by atoms with Gasteiger partial charge in [0, 0.05) is 18.7 Å². The number of hydrogen-bond acceptors (Lipinski definition) is 7. The zero-order chi connectivity index (χ0) is 18.7. The average Bonchev–Trinajstić information content (AvgIpc) is 3.08. The van der Waals surface area contributed by atoms with E-state index in [2.05, 4.69) is 6.07 Å². The van der Waals surface area contributed by atoms with Crippen LogP contribution < -0.4 is 14.4 Å². The minimum atomic E-state index is -1.06. The Morgan fingerprint density at radius 2 is 1.96 bits per heavy atom. The van der Waals surface area contributed by atoms with Crippen LogP contribution >= 0.6 is 11.3 Å². The summed E-state index contributed by atoms with van der Waals surface area (Å²) in [5.41, 5.74) is 1.38. The summed E-state index contributed by atoms with van der Waals surface area (Å²) in [4.78, 5) is 14.0. The van der Waals surface area contributed by atoms with E-state index >= 15 is 0 Å². The molecule has 0 aliphatic carbocycles. The number of carboxylic acids is 1. The first-order valence-corrected chi connectivity index (χ1v) is 8.77. The lowest BCUT2D eigenvalue weighted by Gasteiger charge is -2.27. The molecule has 26 heavy (non-hydrogen) atoms. The summed E-state index contributed by atoms with van der Waals surface area (Å²) < 4.78 is 15.9. The molecule has 1 aliphatic heterocycles. The Morgan fingerprint density at radius 1 is 1.27 bits per heavy atom. The van der Waals surface area contributed by atoms with Gasteiger partial charge >= 0.3 is 5.97 Å². The lowest BCUT2D eigenvalue weighted by atomic mass is 10.0. The van der Waals surface area contributed by atoms with Gasteiger partial charge in [0.25, 0.3) is 0 Å². The maximum atomic E-state index is 11.8. The van der Waals surface area contributed by atoms with Crippen LogP contribution in [0.15, 0.2) is 18.2 Å². The number of methoxy groups -OCH3 is 2. The number of hydrogen-bond donors (Lipinski definition) is 1. The number of rotatable bonds is 5. The molecule has 0 atom stereocenters. The largest absolute Gasteiger partial charge is 0.493 e. The lowest BCUT2D eigenvalue weighted by molar-refractivity contribution is 0.0703. The fourth-order valence-corrected chi connectivity index (χ4v) is 4.09. The molecule has 0 radical (unpaired) electrons. The van der Waals surface area contributed by atoms with Crippen molar-refractivity contribution in [3.05, 3.63) is 28.6 Å². The van der Waals surface area contributed by atoms with Gasteiger partial charge in [0.2, 0.25) is 0 Å². The number of ether oxygens (including phenoxy) is 3. The minimum absolute atomic E-state index is 0.135. The summed E-state index contributed by atoms with van der Waals surface area (Å²) >= 11 is 1.12. The van der Waals surface area contributed by atoms with Crippen LogP contribution in [-0.4, -0.2) is 51.6 Å². The Bertz CT molecular complexity index is 865. The van der Waals surface area contributed by atoms with Crippen molar-refractivity contribution in [2.75, 3.05) is 45.4 Å². The molecule has 3 rings (SSSR count). The van der Waals surface area contributed by atoms with Crippen LogP contribution in [0.5, 0.6) is 11.5 Å². The van der Waals surface area contributed by atoms with Crippen molar-refractivity contribution in [2.45, 2.75) is 0 Å². The number of carbonyl (C=O) groups is 1. The van der Waals surface area contributed by atoms with Gasteiger partial charge in [-0.3, -0.25) is 0 Å². The zero-order valence-electron chi connectivity index (χ0n) is 14.4. The molecule has 0 bridgehead atoms. The highest BCUT2D eigenvalue weighted by Gasteiger charge is 2.28. The SMILES string of the molecule is COc1ccc(-c2c(C(=O)O)sc(N3CCOCC3)c2C#N)cc1OC. The number of thiophene rings is 1. The van der Waals surface area contributed by atoms with E-state index in [0.29, 0.717) is 59.5 Å². The van der Waals surface area contributed by atoms with Crippen molar-refractivity contribution >= 4 is 22.3 Å². The number of benzene rings is 1. The molecule has 1 fully saturated rings. The molecule has 0 unspecified atom stereocenters. The Morgan fingerprint density at radius 3 is 2.54 bits per heavy atom. The predicted octanol–water partition coefficient (Wildman–Crippen LogP) is 2.84. The summed E-state index contributed by atoms with van der Waals surface area (Å²) in [6.07, 6.45) is 0. The van der Waals surface area contributed by atoms with Crippen molar-refractivity contribution in [1.82, 2.24) is 0 Å². The number of aromatic carboxylic acids is 1. The van der Waals surface area contributed by atoms with E-state index in [4.69, 9.17) is 14.2 Å². The van der Waals surface area contributed by atoms with Gasteiger partial charge in [0.05, 0.1) is 33.0 Å². The van der Waals surface area contributed by atoms with Crippen LogP contribution in [0.1, 0.15) is 15.2 Å². The third-order valence-corrected chi connectivity index (χ3v) is 5.40. The van der Waals surface area contributed by atoms with Crippen molar-refractivity contribution in [3.63, 3.8) is 0 Å². The van der Waals surface area contributed by atoms with E-state index in [9.17, 15) is 15.2 Å². The van der Waals surface area contributed by atoms with E-state index in [1.54, 1.807) is 18.2 Å². The van der Waals surface area contributed by atoms with Crippen LogP contribution in [0.3, 0.4) is 0 Å². The van der Waals surface area contributed by atoms with Crippen LogP contribution in [0, 0.1) is 11.3 Å². The molecule has 7 nitrogen and oxygen atoms in total. The molecule has 1 N–H and O–H groups in total. The molecule has 2 aromatic rings. The smallest absolute Gasteiger partial charge is 0.346 e. The highest BCUT2D eigenvalue weighted by atomic mass is 32.1. The van der Waals surface area contributed by atoms with Crippen molar-refractivity contribution in [1.29, 1.82) is 5.26 Å². The minimum Gasteiger partial charge on any atom is -0.493 e. The van der Waals surface area contributed by atoms with Crippen LogP contribution in [0.25, 0.3) is 11.1 Å².